The van der Waals surface area contributed by atoms with Gasteiger partial charge in [0.05, 0.1) is 6.61 Å². The first-order valence-electron chi connectivity index (χ1n) is 13.6. The van der Waals surface area contributed by atoms with Crippen molar-refractivity contribution in [3.05, 3.63) is 23.8 Å². The zero-order valence-electron chi connectivity index (χ0n) is 23.7. The van der Waals surface area contributed by atoms with E-state index in [9.17, 15) is 19.2 Å². The highest BCUT2D eigenvalue weighted by molar-refractivity contribution is 5.98. The molecule has 0 unspecified atom stereocenters. The zero-order chi connectivity index (χ0) is 28.0. The molecule has 0 aromatic heterocycles. The number of carbonyl (C=O) groups is 4. The molecule has 9 heteroatoms. The van der Waals surface area contributed by atoms with Gasteiger partial charge < -0.3 is 26.0 Å². The molecule has 1 heterocycles. The number of amides is 3. The molecule has 0 spiro atoms. The molecule has 0 saturated carbocycles. The number of nitrogens with one attached hydrogen (secondary N) is 4. The van der Waals surface area contributed by atoms with Gasteiger partial charge in [0.25, 0.3) is 0 Å². The number of carbonyl (C=O) groups excluding carboxylic acids is 4. The second kappa shape index (κ2) is 16.9. The highest BCUT2D eigenvalue weighted by Crippen LogP contribution is 2.12. The van der Waals surface area contributed by atoms with E-state index in [0.717, 1.165) is 13.0 Å². The summed E-state index contributed by atoms with van der Waals surface area (Å²) in [6.07, 6.45) is 7.14. The van der Waals surface area contributed by atoms with Gasteiger partial charge in [0, 0.05) is 24.2 Å². The van der Waals surface area contributed by atoms with Gasteiger partial charge in [0.2, 0.25) is 17.7 Å². The van der Waals surface area contributed by atoms with Crippen molar-refractivity contribution in [3.8, 4) is 0 Å². The average molecular weight is 521 g/mol. The number of esters is 1. The fourth-order valence-electron chi connectivity index (χ4n) is 4.11. The van der Waals surface area contributed by atoms with E-state index in [2.05, 4.69) is 21.3 Å². The molecule has 1 aliphatic rings. The Hall–Kier alpha value is -2.68. The van der Waals surface area contributed by atoms with Gasteiger partial charge in [-0.2, -0.15) is 0 Å². The second-order valence-corrected chi connectivity index (χ2v) is 10.9. The lowest BCUT2D eigenvalue weighted by Crippen LogP contribution is -2.55. The molecule has 37 heavy (non-hydrogen) atoms. The summed E-state index contributed by atoms with van der Waals surface area (Å²) < 4.78 is 4.95. The summed E-state index contributed by atoms with van der Waals surface area (Å²) in [7, 11) is 0. The maximum absolute atomic E-state index is 13.3. The molecule has 0 fully saturated rings. The number of hydrogen-bond acceptors (Lipinski definition) is 6. The van der Waals surface area contributed by atoms with E-state index in [-0.39, 0.29) is 48.1 Å². The SMILES string of the molecule is CCOC(=O)/C=C/[C@H](CC(C)C)NC(=O)[C@H](CC(C)C)NC(=O)[C@H](CC(C)C)NC(=O)C1=CCCNC1. The molecule has 0 aliphatic carbocycles. The van der Waals surface area contributed by atoms with Crippen molar-refractivity contribution in [1.82, 2.24) is 21.3 Å². The van der Waals surface area contributed by atoms with Crippen molar-refractivity contribution in [3.63, 3.8) is 0 Å². The van der Waals surface area contributed by atoms with Gasteiger partial charge >= 0.3 is 5.97 Å². The van der Waals surface area contributed by atoms with Gasteiger partial charge in [-0.3, -0.25) is 14.4 Å². The van der Waals surface area contributed by atoms with Crippen molar-refractivity contribution in [2.45, 2.75) is 92.3 Å². The first-order valence-corrected chi connectivity index (χ1v) is 13.6. The summed E-state index contributed by atoms with van der Waals surface area (Å²) in [6, 6.07) is -1.92. The minimum Gasteiger partial charge on any atom is -0.463 e. The maximum atomic E-state index is 13.3. The van der Waals surface area contributed by atoms with E-state index >= 15 is 0 Å². The van der Waals surface area contributed by atoms with Crippen LogP contribution in [0.1, 0.15) is 74.1 Å². The Kier molecular flexibility index (Phi) is 14.8. The van der Waals surface area contributed by atoms with Crippen LogP contribution in [-0.2, 0) is 23.9 Å². The molecular formula is C28H48N4O5. The number of ether oxygens (including phenoxy) is 1. The fourth-order valence-corrected chi connectivity index (χ4v) is 4.11. The standard InChI is InChI=1S/C28H48N4O5/c1-8-37-25(33)12-11-22(14-18(2)3)30-27(35)23(15-19(4)5)32-28(36)24(16-20(6)7)31-26(34)21-10-9-13-29-17-21/h10-12,18-20,22-24,29H,8-9,13-17H2,1-7H3,(H,30,35)(H,31,34)(H,32,36)/b12-11+/t22-,23+,24+/m1/s1. The molecule has 0 bridgehead atoms. The van der Waals surface area contributed by atoms with Crippen molar-refractivity contribution in [2.75, 3.05) is 19.7 Å². The Morgan fingerprint density at radius 1 is 0.892 bits per heavy atom. The summed E-state index contributed by atoms with van der Waals surface area (Å²) >= 11 is 0. The number of rotatable bonds is 15. The van der Waals surface area contributed by atoms with Crippen LogP contribution in [0.4, 0.5) is 0 Å². The van der Waals surface area contributed by atoms with Crippen LogP contribution in [0.2, 0.25) is 0 Å². The lowest BCUT2D eigenvalue weighted by molar-refractivity contribution is -0.137. The molecule has 0 saturated heterocycles. The minimum absolute atomic E-state index is 0.145. The molecular weight excluding hydrogens is 472 g/mol. The zero-order valence-corrected chi connectivity index (χ0v) is 23.7. The van der Waals surface area contributed by atoms with Gasteiger partial charge in [0.1, 0.15) is 12.1 Å². The van der Waals surface area contributed by atoms with Crippen molar-refractivity contribution in [1.29, 1.82) is 0 Å². The molecule has 9 nitrogen and oxygen atoms in total. The van der Waals surface area contributed by atoms with Crippen molar-refractivity contribution < 1.29 is 23.9 Å². The Bertz CT molecular complexity index is 819. The summed E-state index contributed by atoms with van der Waals surface area (Å²) in [4.78, 5) is 51.2. The Morgan fingerprint density at radius 3 is 1.97 bits per heavy atom. The minimum atomic E-state index is -0.778. The van der Waals surface area contributed by atoms with Gasteiger partial charge in [-0.25, -0.2) is 4.79 Å². The molecule has 1 rings (SSSR count). The molecule has 4 N–H and O–H groups in total. The second-order valence-electron chi connectivity index (χ2n) is 10.9. The van der Waals surface area contributed by atoms with Crippen LogP contribution in [0.25, 0.3) is 0 Å². The maximum Gasteiger partial charge on any atom is 0.330 e. The molecule has 0 radical (unpaired) electrons. The highest BCUT2D eigenvalue weighted by Gasteiger charge is 2.29. The summed E-state index contributed by atoms with van der Waals surface area (Å²) in [6.45, 7) is 15.3. The van der Waals surface area contributed by atoms with E-state index in [0.29, 0.717) is 31.4 Å². The largest absolute Gasteiger partial charge is 0.463 e. The predicted molar refractivity (Wildman–Crippen MR) is 145 cm³/mol. The van der Waals surface area contributed by atoms with E-state index in [1.165, 1.54) is 6.08 Å². The average Bonchev–Trinajstić information content (AvgIpc) is 2.81. The fraction of sp³-hybridized carbons (Fsp3) is 0.714. The highest BCUT2D eigenvalue weighted by atomic mass is 16.5. The van der Waals surface area contributed by atoms with Crippen molar-refractivity contribution in [2.24, 2.45) is 17.8 Å². The monoisotopic (exact) mass is 520 g/mol. The third-order valence-electron chi connectivity index (χ3n) is 5.79. The number of hydrogen-bond donors (Lipinski definition) is 4. The van der Waals surface area contributed by atoms with Gasteiger partial charge in [-0.05, 0) is 56.9 Å². The predicted octanol–water partition coefficient (Wildman–Crippen LogP) is 2.62. The first-order chi connectivity index (χ1) is 17.4. The van der Waals surface area contributed by atoms with E-state index in [1.807, 2.05) is 47.6 Å². The molecule has 0 aromatic carbocycles. The Labute approximate surface area is 222 Å². The lowest BCUT2D eigenvalue weighted by Gasteiger charge is -2.27. The Balaban J connectivity index is 3.00. The van der Waals surface area contributed by atoms with Crippen LogP contribution < -0.4 is 21.3 Å². The molecule has 3 amide bonds. The first kappa shape index (κ1) is 32.3. The van der Waals surface area contributed by atoms with E-state index in [4.69, 9.17) is 4.74 Å². The quantitative estimate of drug-likeness (QED) is 0.194. The van der Waals surface area contributed by atoms with Crippen LogP contribution in [-0.4, -0.2) is 61.5 Å². The summed E-state index contributed by atoms with van der Waals surface area (Å²) in [5, 5.41) is 11.9. The third-order valence-corrected chi connectivity index (χ3v) is 5.79. The van der Waals surface area contributed by atoms with Gasteiger partial charge in [0.15, 0.2) is 0 Å². The van der Waals surface area contributed by atoms with Crippen LogP contribution in [0.5, 0.6) is 0 Å². The topological polar surface area (TPSA) is 126 Å². The molecule has 210 valence electrons. The molecule has 0 aromatic rings. The Morgan fingerprint density at radius 2 is 1.46 bits per heavy atom. The van der Waals surface area contributed by atoms with Crippen molar-refractivity contribution >= 4 is 23.7 Å². The lowest BCUT2D eigenvalue weighted by atomic mass is 9.98. The van der Waals surface area contributed by atoms with Gasteiger partial charge in [-0.1, -0.05) is 53.7 Å². The summed E-state index contributed by atoms with van der Waals surface area (Å²) in [5.41, 5.74) is 0.620. The molecule has 1 aliphatic heterocycles. The van der Waals surface area contributed by atoms with Crippen LogP contribution in [0, 0.1) is 17.8 Å². The normalized spacial score (nSPS) is 16.3. The van der Waals surface area contributed by atoms with Crippen LogP contribution >= 0.6 is 0 Å². The van der Waals surface area contributed by atoms with Crippen LogP contribution in [0.3, 0.4) is 0 Å². The van der Waals surface area contributed by atoms with Crippen LogP contribution in [0.15, 0.2) is 23.8 Å². The van der Waals surface area contributed by atoms with E-state index < -0.39 is 18.1 Å². The van der Waals surface area contributed by atoms with Gasteiger partial charge in [-0.15, -0.1) is 0 Å². The third kappa shape index (κ3) is 13.4. The smallest absolute Gasteiger partial charge is 0.330 e. The summed E-state index contributed by atoms with van der Waals surface area (Å²) in [5.74, 6) is -0.858. The molecule has 3 atom stereocenters. The van der Waals surface area contributed by atoms with E-state index in [1.54, 1.807) is 13.0 Å².